The molecule has 2 aromatic rings. The molecule has 0 aliphatic rings. The number of hydrogen-bond donors (Lipinski definition) is 0. The lowest BCUT2D eigenvalue weighted by Crippen LogP contribution is -2.16. The molecule has 0 fully saturated rings. The molecule has 0 heterocycles. The van der Waals surface area contributed by atoms with Gasteiger partial charge in [-0.15, -0.1) is 0 Å². The van der Waals surface area contributed by atoms with E-state index < -0.39 is 24.2 Å². The van der Waals surface area contributed by atoms with Crippen LogP contribution in [-0.2, 0) is 16.0 Å². The molecule has 0 aliphatic heterocycles. The number of esters is 1. The number of methoxy groups -OCH3 is 3. The molecule has 0 saturated carbocycles. The molecule has 0 spiro atoms. The maximum atomic E-state index is 12.9. The predicted molar refractivity (Wildman–Crippen MR) is 91.5 cm³/mol. The molecule has 7 heteroatoms. The highest BCUT2D eigenvalue weighted by Crippen LogP contribution is 2.39. The molecule has 0 N–H and O–H groups in total. The Morgan fingerprint density at radius 3 is 2.12 bits per heavy atom. The molecular formula is C19H19FO6. The Kier molecular flexibility index (Phi) is 6.54. The first-order valence-electron chi connectivity index (χ1n) is 7.72. The van der Waals surface area contributed by atoms with E-state index >= 15 is 0 Å². The summed E-state index contributed by atoms with van der Waals surface area (Å²) in [6, 6.07) is 8.32. The number of carbonyl (C=O) groups is 2. The maximum absolute atomic E-state index is 12.9. The molecule has 0 amide bonds. The van der Waals surface area contributed by atoms with Crippen LogP contribution in [0.3, 0.4) is 0 Å². The summed E-state index contributed by atoms with van der Waals surface area (Å²) in [5, 5.41) is 0. The SMILES string of the molecule is COc1ccc(CC(=O)OCC(=O)c2ccc(F)cc2)c(OC)c1OC. The van der Waals surface area contributed by atoms with Crippen molar-refractivity contribution in [2.24, 2.45) is 0 Å². The summed E-state index contributed by atoms with van der Waals surface area (Å²) < 4.78 is 33.6. The number of Topliss-reactive ketones (excluding diaryl/α,β-unsaturated/α-hetero) is 1. The van der Waals surface area contributed by atoms with E-state index in [4.69, 9.17) is 18.9 Å². The minimum Gasteiger partial charge on any atom is -0.493 e. The van der Waals surface area contributed by atoms with Crippen LogP contribution in [0.25, 0.3) is 0 Å². The first-order valence-corrected chi connectivity index (χ1v) is 7.72. The van der Waals surface area contributed by atoms with E-state index in [1.54, 1.807) is 12.1 Å². The van der Waals surface area contributed by atoms with Crippen molar-refractivity contribution in [2.45, 2.75) is 6.42 Å². The standard InChI is InChI=1S/C19H19FO6/c1-23-16-9-6-13(18(24-2)19(16)25-3)10-17(22)26-11-15(21)12-4-7-14(20)8-5-12/h4-9H,10-11H2,1-3H3. The van der Waals surface area contributed by atoms with Crippen LogP contribution >= 0.6 is 0 Å². The van der Waals surface area contributed by atoms with E-state index in [2.05, 4.69) is 0 Å². The third-order valence-electron chi connectivity index (χ3n) is 3.65. The highest BCUT2D eigenvalue weighted by molar-refractivity contribution is 5.98. The smallest absolute Gasteiger partial charge is 0.310 e. The third kappa shape index (κ3) is 4.50. The van der Waals surface area contributed by atoms with Crippen molar-refractivity contribution in [3.8, 4) is 17.2 Å². The van der Waals surface area contributed by atoms with E-state index in [1.165, 1.54) is 45.6 Å². The maximum Gasteiger partial charge on any atom is 0.310 e. The van der Waals surface area contributed by atoms with Crippen molar-refractivity contribution in [3.63, 3.8) is 0 Å². The Morgan fingerprint density at radius 1 is 0.885 bits per heavy atom. The Balaban J connectivity index is 2.03. The highest BCUT2D eigenvalue weighted by Gasteiger charge is 2.19. The second-order valence-electron chi connectivity index (χ2n) is 5.26. The minimum atomic E-state index is -0.606. The van der Waals surface area contributed by atoms with Crippen molar-refractivity contribution in [1.29, 1.82) is 0 Å². The van der Waals surface area contributed by atoms with Crippen molar-refractivity contribution in [2.75, 3.05) is 27.9 Å². The van der Waals surface area contributed by atoms with Crippen LogP contribution in [-0.4, -0.2) is 39.7 Å². The first-order chi connectivity index (χ1) is 12.5. The van der Waals surface area contributed by atoms with Crippen molar-refractivity contribution < 1.29 is 32.9 Å². The summed E-state index contributed by atoms with van der Waals surface area (Å²) in [6.45, 7) is -0.430. The quantitative estimate of drug-likeness (QED) is 0.531. The van der Waals surface area contributed by atoms with E-state index in [-0.39, 0.29) is 12.0 Å². The Bertz CT molecular complexity index is 785. The Morgan fingerprint density at radius 2 is 1.54 bits per heavy atom. The summed E-state index contributed by atoms with van der Waals surface area (Å²) in [7, 11) is 4.40. The van der Waals surface area contributed by atoms with E-state index in [0.29, 0.717) is 22.8 Å². The summed E-state index contributed by atoms with van der Waals surface area (Å²) in [5.41, 5.74) is 0.798. The van der Waals surface area contributed by atoms with Crippen LogP contribution in [0.2, 0.25) is 0 Å². The van der Waals surface area contributed by atoms with Crippen molar-refractivity contribution >= 4 is 11.8 Å². The molecule has 6 nitrogen and oxygen atoms in total. The molecule has 0 unspecified atom stereocenters. The van der Waals surface area contributed by atoms with E-state index in [0.717, 1.165) is 0 Å². The predicted octanol–water partition coefficient (Wildman–Crippen LogP) is 2.82. The largest absolute Gasteiger partial charge is 0.493 e. The lowest BCUT2D eigenvalue weighted by molar-refractivity contribution is -0.141. The zero-order valence-corrected chi connectivity index (χ0v) is 14.7. The fraction of sp³-hybridized carbons (Fsp3) is 0.263. The van der Waals surface area contributed by atoms with Crippen LogP contribution < -0.4 is 14.2 Å². The van der Waals surface area contributed by atoms with Gasteiger partial charge in [0.05, 0.1) is 27.8 Å². The van der Waals surface area contributed by atoms with Crippen LogP contribution in [0.1, 0.15) is 15.9 Å². The fourth-order valence-electron chi connectivity index (χ4n) is 2.37. The molecular weight excluding hydrogens is 343 g/mol. The summed E-state index contributed by atoms with van der Waals surface area (Å²) in [4.78, 5) is 24.0. The molecule has 0 aromatic heterocycles. The van der Waals surface area contributed by atoms with Gasteiger partial charge in [-0.1, -0.05) is 6.07 Å². The molecule has 0 saturated heterocycles. The van der Waals surface area contributed by atoms with Gasteiger partial charge < -0.3 is 18.9 Å². The topological polar surface area (TPSA) is 71.1 Å². The number of hydrogen-bond acceptors (Lipinski definition) is 6. The number of benzene rings is 2. The van der Waals surface area contributed by atoms with Crippen LogP contribution in [0.5, 0.6) is 17.2 Å². The molecule has 2 aromatic carbocycles. The van der Waals surface area contributed by atoms with E-state index in [9.17, 15) is 14.0 Å². The number of ether oxygens (including phenoxy) is 4. The number of rotatable bonds is 8. The fourth-order valence-corrected chi connectivity index (χ4v) is 2.37. The lowest BCUT2D eigenvalue weighted by atomic mass is 10.1. The molecule has 0 radical (unpaired) electrons. The average Bonchev–Trinajstić information content (AvgIpc) is 2.66. The van der Waals surface area contributed by atoms with Crippen LogP contribution in [0, 0.1) is 5.82 Å². The molecule has 2 rings (SSSR count). The molecule has 0 aliphatic carbocycles. The first kappa shape index (κ1) is 19.2. The monoisotopic (exact) mass is 362 g/mol. The normalized spacial score (nSPS) is 10.2. The van der Waals surface area contributed by atoms with Gasteiger partial charge in [0.2, 0.25) is 5.75 Å². The van der Waals surface area contributed by atoms with Crippen molar-refractivity contribution in [1.82, 2.24) is 0 Å². The molecule has 26 heavy (non-hydrogen) atoms. The Hall–Kier alpha value is -3.09. The minimum absolute atomic E-state index is 0.111. The van der Waals surface area contributed by atoms with Gasteiger partial charge in [-0.3, -0.25) is 9.59 Å². The third-order valence-corrected chi connectivity index (χ3v) is 3.65. The highest BCUT2D eigenvalue weighted by atomic mass is 19.1. The zero-order valence-electron chi connectivity index (χ0n) is 14.7. The van der Waals surface area contributed by atoms with Gasteiger partial charge >= 0.3 is 5.97 Å². The van der Waals surface area contributed by atoms with Crippen molar-refractivity contribution in [3.05, 3.63) is 53.3 Å². The van der Waals surface area contributed by atoms with Gasteiger partial charge in [-0.05, 0) is 30.3 Å². The molecule has 0 atom stereocenters. The lowest BCUT2D eigenvalue weighted by Gasteiger charge is -2.15. The van der Waals surface area contributed by atoms with Gasteiger partial charge in [0, 0.05) is 11.1 Å². The van der Waals surface area contributed by atoms with Crippen LogP contribution in [0.4, 0.5) is 4.39 Å². The summed E-state index contributed by atoms with van der Waals surface area (Å²) in [5.74, 6) is -0.285. The second-order valence-corrected chi connectivity index (χ2v) is 5.26. The molecule has 138 valence electrons. The van der Waals surface area contributed by atoms with Gasteiger partial charge in [-0.25, -0.2) is 4.39 Å². The molecule has 0 bridgehead atoms. The van der Waals surface area contributed by atoms with Crippen LogP contribution in [0.15, 0.2) is 36.4 Å². The van der Waals surface area contributed by atoms with Gasteiger partial charge in [-0.2, -0.15) is 0 Å². The zero-order chi connectivity index (χ0) is 19.1. The second kappa shape index (κ2) is 8.84. The summed E-state index contributed by atoms with van der Waals surface area (Å²) >= 11 is 0. The number of ketones is 1. The van der Waals surface area contributed by atoms with Gasteiger partial charge in [0.25, 0.3) is 0 Å². The van der Waals surface area contributed by atoms with Gasteiger partial charge in [0.1, 0.15) is 5.82 Å². The summed E-state index contributed by atoms with van der Waals surface area (Å²) in [6.07, 6.45) is -0.111. The van der Waals surface area contributed by atoms with Gasteiger partial charge in [0.15, 0.2) is 23.9 Å². The number of halogens is 1. The average molecular weight is 362 g/mol. The Labute approximate surface area is 150 Å². The number of carbonyl (C=O) groups excluding carboxylic acids is 2. The van der Waals surface area contributed by atoms with E-state index in [1.807, 2.05) is 0 Å².